The summed E-state index contributed by atoms with van der Waals surface area (Å²) in [7, 11) is 0. The molecule has 0 radical (unpaired) electrons. The Hall–Kier alpha value is -1.62. The van der Waals surface area contributed by atoms with Crippen molar-refractivity contribution in [2.45, 2.75) is 57.6 Å². The van der Waals surface area contributed by atoms with Crippen LogP contribution in [0.3, 0.4) is 0 Å². The third kappa shape index (κ3) is 3.48. The lowest BCUT2D eigenvalue weighted by Crippen LogP contribution is -2.45. The summed E-state index contributed by atoms with van der Waals surface area (Å²) in [5, 5.41) is 12.8. The van der Waals surface area contributed by atoms with Gasteiger partial charge in [0, 0.05) is 11.3 Å². The number of aromatic nitrogens is 1. The SMILES string of the molecule is CC(C)c1cc(C(=O)NC2CCCCC2O)cc(N)n1. The minimum Gasteiger partial charge on any atom is -0.391 e. The number of rotatable bonds is 3. The third-order valence-corrected chi connectivity index (χ3v) is 3.76. The molecule has 5 heteroatoms. The highest BCUT2D eigenvalue weighted by Crippen LogP contribution is 2.20. The minimum atomic E-state index is -0.448. The van der Waals surface area contributed by atoms with Crippen LogP contribution in [0.4, 0.5) is 5.82 Å². The number of aliphatic hydroxyl groups is 1. The second kappa shape index (κ2) is 6.22. The first kappa shape index (κ1) is 14.8. The number of anilines is 1. The Morgan fingerprint density at radius 1 is 1.40 bits per heavy atom. The highest BCUT2D eigenvalue weighted by Gasteiger charge is 2.25. The van der Waals surface area contributed by atoms with E-state index in [9.17, 15) is 9.90 Å². The van der Waals surface area contributed by atoms with Crippen LogP contribution in [0.2, 0.25) is 0 Å². The summed E-state index contributed by atoms with van der Waals surface area (Å²) >= 11 is 0. The Kier molecular flexibility index (Phi) is 4.60. The average molecular weight is 277 g/mol. The van der Waals surface area contributed by atoms with E-state index in [0.29, 0.717) is 11.4 Å². The molecular formula is C15H23N3O2. The molecular weight excluding hydrogens is 254 g/mol. The van der Waals surface area contributed by atoms with Crippen LogP contribution in [0.5, 0.6) is 0 Å². The summed E-state index contributed by atoms with van der Waals surface area (Å²) in [5.74, 6) is 0.378. The lowest BCUT2D eigenvalue weighted by Gasteiger charge is -2.28. The van der Waals surface area contributed by atoms with Crippen molar-refractivity contribution in [3.05, 3.63) is 23.4 Å². The largest absolute Gasteiger partial charge is 0.391 e. The molecule has 4 N–H and O–H groups in total. The first-order chi connectivity index (χ1) is 9.47. The van der Waals surface area contributed by atoms with E-state index in [1.165, 1.54) is 0 Å². The van der Waals surface area contributed by atoms with Gasteiger partial charge in [-0.2, -0.15) is 0 Å². The Labute approximate surface area is 119 Å². The van der Waals surface area contributed by atoms with Gasteiger partial charge < -0.3 is 16.2 Å². The normalized spacial score (nSPS) is 22.8. The van der Waals surface area contributed by atoms with Gasteiger partial charge in [0.1, 0.15) is 5.82 Å². The zero-order valence-electron chi connectivity index (χ0n) is 12.1. The molecule has 0 bridgehead atoms. The number of pyridine rings is 1. The molecule has 0 saturated heterocycles. The number of aliphatic hydroxyl groups excluding tert-OH is 1. The van der Waals surface area contributed by atoms with E-state index >= 15 is 0 Å². The maximum absolute atomic E-state index is 12.3. The van der Waals surface area contributed by atoms with Gasteiger partial charge >= 0.3 is 0 Å². The molecule has 1 amide bonds. The lowest BCUT2D eigenvalue weighted by atomic mass is 9.92. The quantitative estimate of drug-likeness (QED) is 0.786. The number of hydrogen-bond acceptors (Lipinski definition) is 4. The highest BCUT2D eigenvalue weighted by atomic mass is 16.3. The fourth-order valence-electron chi connectivity index (χ4n) is 2.53. The van der Waals surface area contributed by atoms with E-state index in [-0.39, 0.29) is 17.9 Å². The Balaban J connectivity index is 2.12. The van der Waals surface area contributed by atoms with Gasteiger partial charge in [0.15, 0.2) is 0 Å². The molecule has 1 aromatic rings. The maximum atomic E-state index is 12.3. The summed E-state index contributed by atoms with van der Waals surface area (Å²) in [4.78, 5) is 16.5. The number of amides is 1. The average Bonchev–Trinajstić information content (AvgIpc) is 2.40. The Morgan fingerprint density at radius 3 is 2.75 bits per heavy atom. The lowest BCUT2D eigenvalue weighted by molar-refractivity contribution is 0.0717. The number of nitrogen functional groups attached to an aromatic ring is 1. The molecule has 5 nitrogen and oxygen atoms in total. The topological polar surface area (TPSA) is 88.2 Å². The molecule has 1 aliphatic carbocycles. The molecule has 1 aromatic heterocycles. The van der Waals surface area contributed by atoms with E-state index in [0.717, 1.165) is 31.4 Å². The number of hydrogen-bond donors (Lipinski definition) is 3. The summed E-state index contributed by atoms with van der Waals surface area (Å²) in [5.41, 5.74) is 7.07. The predicted octanol–water partition coefficient (Wildman–Crippen LogP) is 1.82. The van der Waals surface area contributed by atoms with E-state index in [2.05, 4.69) is 10.3 Å². The highest BCUT2D eigenvalue weighted by molar-refractivity contribution is 5.95. The van der Waals surface area contributed by atoms with Crippen molar-refractivity contribution >= 4 is 11.7 Å². The number of nitrogens with zero attached hydrogens (tertiary/aromatic N) is 1. The Morgan fingerprint density at radius 2 is 2.10 bits per heavy atom. The molecule has 2 rings (SSSR count). The minimum absolute atomic E-state index is 0.159. The van der Waals surface area contributed by atoms with Gasteiger partial charge in [-0.25, -0.2) is 4.98 Å². The van der Waals surface area contributed by atoms with Gasteiger partial charge in [-0.1, -0.05) is 26.7 Å². The first-order valence-corrected chi connectivity index (χ1v) is 7.23. The molecule has 1 fully saturated rings. The van der Waals surface area contributed by atoms with Crippen molar-refractivity contribution < 1.29 is 9.90 Å². The molecule has 1 heterocycles. The van der Waals surface area contributed by atoms with Crippen LogP contribution in [0, 0.1) is 0 Å². The number of carbonyl (C=O) groups excluding carboxylic acids is 1. The van der Waals surface area contributed by atoms with Gasteiger partial charge in [0.25, 0.3) is 5.91 Å². The van der Waals surface area contributed by atoms with Crippen LogP contribution < -0.4 is 11.1 Å². The van der Waals surface area contributed by atoms with E-state index < -0.39 is 6.10 Å². The third-order valence-electron chi connectivity index (χ3n) is 3.76. The Bertz CT molecular complexity index is 488. The predicted molar refractivity (Wildman–Crippen MR) is 78.5 cm³/mol. The molecule has 110 valence electrons. The van der Waals surface area contributed by atoms with Gasteiger partial charge in [-0.05, 0) is 30.9 Å². The molecule has 1 saturated carbocycles. The van der Waals surface area contributed by atoms with Crippen LogP contribution in [-0.2, 0) is 0 Å². The van der Waals surface area contributed by atoms with Crippen LogP contribution in [0.25, 0.3) is 0 Å². The maximum Gasteiger partial charge on any atom is 0.251 e. The fraction of sp³-hybridized carbons (Fsp3) is 0.600. The summed E-state index contributed by atoms with van der Waals surface area (Å²) in [6, 6.07) is 3.19. The standard InChI is InChI=1S/C15H23N3O2/c1-9(2)12-7-10(8-14(16)17-12)15(20)18-11-5-3-4-6-13(11)19/h7-9,11,13,19H,3-6H2,1-2H3,(H2,16,17)(H,18,20). The number of nitrogens with one attached hydrogen (secondary N) is 1. The second-order valence-electron chi connectivity index (χ2n) is 5.79. The van der Waals surface area contributed by atoms with E-state index in [4.69, 9.17) is 5.73 Å². The fourth-order valence-corrected chi connectivity index (χ4v) is 2.53. The van der Waals surface area contributed by atoms with E-state index in [1.54, 1.807) is 12.1 Å². The van der Waals surface area contributed by atoms with Gasteiger partial charge in [0.2, 0.25) is 0 Å². The molecule has 0 aliphatic heterocycles. The van der Waals surface area contributed by atoms with Crippen LogP contribution in [0.1, 0.15) is 61.5 Å². The smallest absolute Gasteiger partial charge is 0.251 e. The van der Waals surface area contributed by atoms with Crippen molar-refractivity contribution in [1.82, 2.24) is 10.3 Å². The van der Waals surface area contributed by atoms with Crippen molar-refractivity contribution in [2.75, 3.05) is 5.73 Å². The van der Waals surface area contributed by atoms with Crippen molar-refractivity contribution in [1.29, 1.82) is 0 Å². The zero-order valence-corrected chi connectivity index (χ0v) is 12.1. The van der Waals surface area contributed by atoms with Crippen LogP contribution in [0.15, 0.2) is 12.1 Å². The van der Waals surface area contributed by atoms with Gasteiger partial charge in [-0.3, -0.25) is 4.79 Å². The summed E-state index contributed by atoms with van der Waals surface area (Å²) in [6.45, 7) is 4.02. The number of nitrogens with two attached hydrogens (primary N) is 1. The molecule has 2 atom stereocenters. The van der Waals surface area contributed by atoms with E-state index in [1.807, 2.05) is 13.8 Å². The summed E-state index contributed by atoms with van der Waals surface area (Å²) < 4.78 is 0. The van der Waals surface area contributed by atoms with Crippen molar-refractivity contribution in [3.8, 4) is 0 Å². The molecule has 2 unspecified atom stereocenters. The molecule has 20 heavy (non-hydrogen) atoms. The summed E-state index contributed by atoms with van der Waals surface area (Å²) in [6.07, 6.45) is 3.19. The first-order valence-electron chi connectivity index (χ1n) is 7.23. The van der Waals surface area contributed by atoms with Crippen LogP contribution in [-0.4, -0.2) is 28.1 Å². The molecule has 0 spiro atoms. The van der Waals surface area contributed by atoms with Crippen LogP contribution >= 0.6 is 0 Å². The zero-order chi connectivity index (χ0) is 14.7. The van der Waals surface area contributed by atoms with Crippen molar-refractivity contribution in [3.63, 3.8) is 0 Å². The van der Waals surface area contributed by atoms with Gasteiger partial charge in [-0.15, -0.1) is 0 Å². The van der Waals surface area contributed by atoms with Gasteiger partial charge in [0.05, 0.1) is 12.1 Å². The molecule has 1 aliphatic rings. The molecule has 0 aromatic carbocycles. The number of carbonyl (C=O) groups is 1. The second-order valence-corrected chi connectivity index (χ2v) is 5.79. The monoisotopic (exact) mass is 277 g/mol. The van der Waals surface area contributed by atoms with Crippen molar-refractivity contribution in [2.24, 2.45) is 0 Å².